The molecule has 0 spiro atoms. The molecule has 1 unspecified atom stereocenters. The number of carbonyl (C=O) groups excluding carboxylic acids is 1. The molecule has 98 valence electrons. The minimum atomic E-state index is -0.401. The number of amides is 1. The van der Waals surface area contributed by atoms with Gasteiger partial charge >= 0.3 is 0 Å². The lowest BCUT2D eigenvalue weighted by atomic mass is 10.0. The van der Waals surface area contributed by atoms with Gasteiger partial charge in [-0.3, -0.25) is 9.78 Å². The quantitative estimate of drug-likeness (QED) is 0.885. The molecule has 2 N–H and O–H groups in total. The molecule has 1 fully saturated rings. The summed E-state index contributed by atoms with van der Waals surface area (Å²) in [6.45, 7) is 4.77. The van der Waals surface area contributed by atoms with Crippen LogP contribution >= 0.6 is 0 Å². The molecule has 1 aliphatic heterocycles. The van der Waals surface area contributed by atoms with Crippen molar-refractivity contribution in [3.05, 3.63) is 30.1 Å². The van der Waals surface area contributed by atoms with Crippen LogP contribution in [0.1, 0.15) is 38.3 Å². The van der Waals surface area contributed by atoms with Gasteiger partial charge in [-0.15, -0.1) is 0 Å². The van der Waals surface area contributed by atoms with E-state index in [-0.39, 0.29) is 17.9 Å². The van der Waals surface area contributed by atoms with E-state index in [0.717, 1.165) is 24.9 Å². The third kappa shape index (κ3) is 2.53. The van der Waals surface area contributed by atoms with Crippen LogP contribution in [0.5, 0.6) is 0 Å². The summed E-state index contributed by atoms with van der Waals surface area (Å²) in [5, 5.41) is 0. The highest BCUT2D eigenvalue weighted by Crippen LogP contribution is 2.32. The molecule has 0 aliphatic carbocycles. The Morgan fingerprint density at radius 1 is 1.56 bits per heavy atom. The van der Waals surface area contributed by atoms with Gasteiger partial charge in [0.15, 0.2) is 0 Å². The van der Waals surface area contributed by atoms with E-state index in [9.17, 15) is 4.79 Å². The van der Waals surface area contributed by atoms with Crippen molar-refractivity contribution in [2.75, 3.05) is 6.54 Å². The van der Waals surface area contributed by atoms with Crippen LogP contribution in [0.2, 0.25) is 0 Å². The summed E-state index contributed by atoms with van der Waals surface area (Å²) in [4.78, 5) is 18.4. The average molecular weight is 247 g/mol. The lowest BCUT2D eigenvalue weighted by molar-refractivity contribution is -0.134. The minimum Gasteiger partial charge on any atom is -0.334 e. The zero-order valence-corrected chi connectivity index (χ0v) is 11.0. The fourth-order valence-corrected chi connectivity index (χ4v) is 2.43. The van der Waals surface area contributed by atoms with Crippen molar-refractivity contribution in [2.45, 2.75) is 38.8 Å². The molecule has 1 aliphatic rings. The summed E-state index contributed by atoms with van der Waals surface area (Å²) in [5.41, 5.74) is 7.08. The van der Waals surface area contributed by atoms with E-state index in [1.165, 1.54) is 0 Å². The highest BCUT2D eigenvalue weighted by atomic mass is 16.2. The SMILES string of the molecule is CC(C)[C@H](N)C(=O)N1CCCC1c1cccnc1. The Morgan fingerprint density at radius 2 is 2.33 bits per heavy atom. The molecule has 4 nitrogen and oxygen atoms in total. The van der Waals surface area contributed by atoms with E-state index in [0.29, 0.717) is 0 Å². The fraction of sp³-hybridized carbons (Fsp3) is 0.571. The Morgan fingerprint density at radius 3 is 2.94 bits per heavy atom. The number of pyridine rings is 1. The van der Waals surface area contributed by atoms with Crippen LogP contribution in [0.25, 0.3) is 0 Å². The predicted molar refractivity (Wildman–Crippen MR) is 70.7 cm³/mol. The first-order valence-electron chi connectivity index (χ1n) is 6.57. The molecule has 0 saturated carbocycles. The number of carbonyl (C=O) groups is 1. The maximum absolute atomic E-state index is 12.4. The van der Waals surface area contributed by atoms with Gasteiger partial charge in [0.2, 0.25) is 5.91 Å². The van der Waals surface area contributed by atoms with E-state index in [2.05, 4.69) is 4.98 Å². The van der Waals surface area contributed by atoms with E-state index < -0.39 is 6.04 Å². The molecule has 1 saturated heterocycles. The average Bonchev–Trinajstić information content (AvgIpc) is 2.87. The summed E-state index contributed by atoms with van der Waals surface area (Å²) in [7, 11) is 0. The highest BCUT2D eigenvalue weighted by molar-refractivity contribution is 5.82. The summed E-state index contributed by atoms with van der Waals surface area (Å²) in [5.74, 6) is 0.240. The second-order valence-electron chi connectivity index (χ2n) is 5.25. The van der Waals surface area contributed by atoms with Crippen molar-refractivity contribution in [3.63, 3.8) is 0 Å². The maximum atomic E-state index is 12.4. The summed E-state index contributed by atoms with van der Waals surface area (Å²) in [6, 6.07) is 3.70. The van der Waals surface area contributed by atoms with Crippen molar-refractivity contribution in [3.8, 4) is 0 Å². The fourth-order valence-electron chi connectivity index (χ4n) is 2.43. The Balaban J connectivity index is 2.15. The Labute approximate surface area is 108 Å². The maximum Gasteiger partial charge on any atom is 0.240 e. The molecular formula is C14H21N3O. The second kappa shape index (κ2) is 5.48. The monoisotopic (exact) mass is 247 g/mol. The number of aromatic nitrogens is 1. The van der Waals surface area contributed by atoms with E-state index in [4.69, 9.17) is 5.73 Å². The molecule has 0 aromatic carbocycles. The molecule has 2 rings (SSSR count). The van der Waals surface area contributed by atoms with Crippen molar-refractivity contribution in [2.24, 2.45) is 11.7 Å². The molecule has 2 atom stereocenters. The first-order chi connectivity index (χ1) is 8.61. The van der Waals surface area contributed by atoms with Crippen LogP contribution in [0.4, 0.5) is 0 Å². The van der Waals surface area contributed by atoms with Gasteiger partial charge < -0.3 is 10.6 Å². The number of nitrogens with two attached hydrogens (primary N) is 1. The number of hydrogen-bond acceptors (Lipinski definition) is 3. The van der Waals surface area contributed by atoms with Gasteiger partial charge in [-0.2, -0.15) is 0 Å². The van der Waals surface area contributed by atoms with Crippen LogP contribution in [0, 0.1) is 5.92 Å². The van der Waals surface area contributed by atoms with Crippen molar-refractivity contribution in [1.29, 1.82) is 0 Å². The predicted octanol–water partition coefficient (Wildman–Crippen LogP) is 1.73. The third-order valence-corrected chi connectivity index (χ3v) is 3.61. The minimum absolute atomic E-state index is 0.0661. The Kier molecular flexibility index (Phi) is 3.97. The molecule has 4 heteroatoms. The Hall–Kier alpha value is -1.42. The summed E-state index contributed by atoms with van der Waals surface area (Å²) < 4.78 is 0. The van der Waals surface area contributed by atoms with E-state index in [1.54, 1.807) is 6.20 Å². The van der Waals surface area contributed by atoms with Gasteiger partial charge in [-0.1, -0.05) is 19.9 Å². The normalized spacial score (nSPS) is 21.3. The van der Waals surface area contributed by atoms with Gasteiger partial charge in [-0.05, 0) is 30.4 Å². The number of nitrogens with zero attached hydrogens (tertiary/aromatic N) is 2. The van der Waals surface area contributed by atoms with E-state index in [1.807, 2.05) is 37.1 Å². The van der Waals surface area contributed by atoms with Crippen molar-refractivity contribution >= 4 is 5.91 Å². The topological polar surface area (TPSA) is 59.2 Å². The Bertz CT molecular complexity index is 405. The van der Waals surface area contributed by atoms with Crippen molar-refractivity contribution < 1.29 is 4.79 Å². The zero-order valence-electron chi connectivity index (χ0n) is 11.0. The largest absolute Gasteiger partial charge is 0.334 e. The number of hydrogen-bond donors (Lipinski definition) is 1. The van der Waals surface area contributed by atoms with E-state index >= 15 is 0 Å². The van der Waals surface area contributed by atoms with Crippen molar-refractivity contribution in [1.82, 2.24) is 9.88 Å². The third-order valence-electron chi connectivity index (χ3n) is 3.61. The summed E-state index contributed by atoms with van der Waals surface area (Å²) in [6.07, 6.45) is 5.64. The molecule has 0 radical (unpaired) electrons. The number of likely N-dealkylation sites (tertiary alicyclic amines) is 1. The number of rotatable bonds is 3. The molecule has 1 aromatic heterocycles. The van der Waals surface area contributed by atoms with Gasteiger partial charge in [0.05, 0.1) is 12.1 Å². The molecule has 18 heavy (non-hydrogen) atoms. The van der Waals surface area contributed by atoms with Gasteiger partial charge in [0.1, 0.15) is 0 Å². The smallest absolute Gasteiger partial charge is 0.240 e. The van der Waals surface area contributed by atoms with Crippen LogP contribution in [0.3, 0.4) is 0 Å². The highest BCUT2D eigenvalue weighted by Gasteiger charge is 2.33. The molecule has 0 bridgehead atoms. The molecule has 2 heterocycles. The first kappa shape index (κ1) is 13.0. The van der Waals surface area contributed by atoms with Crippen LogP contribution < -0.4 is 5.73 Å². The molecule has 1 aromatic rings. The summed E-state index contributed by atoms with van der Waals surface area (Å²) >= 11 is 0. The van der Waals surface area contributed by atoms with Crippen LogP contribution in [-0.2, 0) is 4.79 Å². The van der Waals surface area contributed by atoms with Gasteiger partial charge in [0.25, 0.3) is 0 Å². The van der Waals surface area contributed by atoms with Gasteiger partial charge in [-0.25, -0.2) is 0 Å². The lowest BCUT2D eigenvalue weighted by Gasteiger charge is -2.28. The second-order valence-corrected chi connectivity index (χ2v) is 5.25. The van der Waals surface area contributed by atoms with Gasteiger partial charge in [0, 0.05) is 18.9 Å². The zero-order chi connectivity index (χ0) is 13.1. The lowest BCUT2D eigenvalue weighted by Crippen LogP contribution is -2.46. The first-order valence-corrected chi connectivity index (χ1v) is 6.57. The molecular weight excluding hydrogens is 226 g/mol. The van der Waals surface area contributed by atoms with Crippen LogP contribution in [0.15, 0.2) is 24.5 Å². The van der Waals surface area contributed by atoms with Crippen LogP contribution in [-0.4, -0.2) is 28.4 Å². The standard InChI is InChI=1S/C14H21N3O/c1-10(2)13(15)14(18)17-8-4-6-12(17)11-5-3-7-16-9-11/h3,5,7,9-10,12-13H,4,6,8,15H2,1-2H3/t12?,13-/m0/s1. The molecule has 1 amide bonds.